The predicted molar refractivity (Wildman–Crippen MR) is 112 cm³/mol. The van der Waals surface area contributed by atoms with Crippen LogP contribution < -0.4 is 10.4 Å². The van der Waals surface area contributed by atoms with Gasteiger partial charge in [0.25, 0.3) is 8.32 Å². The third-order valence-corrected chi connectivity index (χ3v) is 10.8. The van der Waals surface area contributed by atoms with Crippen molar-refractivity contribution in [2.45, 2.75) is 57.5 Å². The number of halogens is 1. The van der Waals surface area contributed by atoms with Crippen LogP contribution in [0.15, 0.2) is 60.7 Å². The standard InChI is InChI=1S/C23H29FO3Si/c1-17-23(5,24)21(25)20(27-17)16-26-28(22(2,3)4,18-12-8-6-9-13-18)19-14-10-7-11-15-19/h6-15,17,20H,16H2,1-5H3/t17?,20-,23?/m1/s1. The molecule has 28 heavy (non-hydrogen) atoms. The van der Waals surface area contributed by atoms with Crippen LogP contribution in [-0.4, -0.2) is 38.6 Å². The summed E-state index contributed by atoms with van der Waals surface area (Å²) in [6, 6.07) is 20.3. The van der Waals surface area contributed by atoms with Crippen LogP contribution in [0.25, 0.3) is 0 Å². The van der Waals surface area contributed by atoms with Crippen molar-refractivity contribution >= 4 is 24.5 Å². The van der Waals surface area contributed by atoms with E-state index in [9.17, 15) is 9.18 Å². The fourth-order valence-corrected chi connectivity index (χ4v) is 8.59. The third-order valence-electron chi connectivity index (χ3n) is 5.77. The molecule has 3 nitrogen and oxygen atoms in total. The summed E-state index contributed by atoms with van der Waals surface area (Å²) in [4.78, 5) is 12.5. The molecule has 1 fully saturated rings. The Bertz CT molecular complexity index is 775. The van der Waals surface area contributed by atoms with E-state index in [1.807, 2.05) is 36.4 Å². The van der Waals surface area contributed by atoms with E-state index in [0.717, 1.165) is 10.4 Å². The zero-order valence-electron chi connectivity index (χ0n) is 17.2. The summed E-state index contributed by atoms with van der Waals surface area (Å²) in [5, 5.41) is 2.03. The van der Waals surface area contributed by atoms with Gasteiger partial charge in [-0.05, 0) is 29.3 Å². The number of alkyl halides is 1. The smallest absolute Gasteiger partial charge is 0.261 e. The molecular formula is C23H29FO3Si. The van der Waals surface area contributed by atoms with Gasteiger partial charge in [-0.3, -0.25) is 4.79 Å². The minimum atomic E-state index is -2.77. The minimum absolute atomic E-state index is 0.0516. The van der Waals surface area contributed by atoms with Gasteiger partial charge >= 0.3 is 0 Å². The number of hydrogen-bond acceptors (Lipinski definition) is 3. The summed E-state index contributed by atoms with van der Waals surface area (Å²) in [6.45, 7) is 9.44. The molecule has 0 radical (unpaired) electrons. The lowest BCUT2D eigenvalue weighted by Crippen LogP contribution is -2.67. The Hall–Kier alpha value is -1.82. The Morgan fingerprint density at radius 3 is 1.86 bits per heavy atom. The Balaban J connectivity index is 2.04. The van der Waals surface area contributed by atoms with Gasteiger partial charge in [-0.2, -0.15) is 0 Å². The van der Waals surface area contributed by atoms with Crippen molar-refractivity contribution in [3.05, 3.63) is 60.7 Å². The van der Waals surface area contributed by atoms with Crippen LogP contribution in [0.1, 0.15) is 34.6 Å². The number of ketones is 1. The molecule has 3 atom stereocenters. The molecule has 0 bridgehead atoms. The monoisotopic (exact) mass is 400 g/mol. The SMILES string of the molecule is CC1O[C@H](CO[Si](c2ccccc2)(c2ccccc2)C(C)(C)C)C(=O)C1(C)F. The number of rotatable bonds is 5. The molecule has 0 saturated carbocycles. The normalized spacial score (nSPS) is 25.9. The fourth-order valence-electron chi connectivity index (χ4n) is 4.03. The maximum absolute atomic E-state index is 14.6. The molecule has 1 heterocycles. The molecule has 2 aromatic rings. The molecule has 2 unspecified atom stereocenters. The van der Waals surface area contributed by atoms with Crippen LogP contribution in [0, 0.1) is 0 Å². The maximum atomic E-state index is 14.6. The lowest BCUT2D eigenvalue weighted by Gasteiger charge is -2.43. The lowest BCUT2D eigenvalue weighted by molar-refractivity contribution is -0.129. The van der Waals surface area contributed by atoms with E-state index in [1.165, 1.54) is 6.92 Å². The van der Waals surface area contributed by atoms with Gasteiger partial charge < -0.3 is 9.16 Å². The summed E-state index contributed by atoms with van der Waals surface area (Å²) in [7, 11) is -2.77. The van der Waals surface area contributed by atoms with Crippen molar-refractivity contribution < 1.29 is 18.3 Å². The van der Waals surface area contributed by atoms with E-state index in [4.69, 9.17) is 9.16 Å². The highest BCUT2D eigenvalue weighted by atomic mass is 28.4. The second-order valence-electron chi connectivity index (χ2n) is 8.68. The summed E-state index contributed by atoms with van der Waals surface area (Å²) in [5.41, 5.74) is -1.97. The molecule has 0 N–H and O–H groups in total. The molecule has 150 valence electrons. The van der Waals surface area contributed by atoms with Gasteiger partial charge in [-0.25, -0.2) is 4.39 Å². The Labute approximate surface area is 168 Å². The van der Waals surface area contributed by atoms with E-state index < -0.39 is 32.0 Å². The van der Waals surface area contributed by atoms with E-state index in [0.29, 0.717) is 0 Å². The topological polar surface area (TPSA) is 35.5 Å². The van der Waals surface area contributed by atoms with Crippen LogP contribution >= 0.6 is 0 Å². The highest BCUT2D eigenvalue weighted by Gasteiger charge is 2.54. The molecule has 0 aliphatic carbocycles. The maximum Gasteiger partial charge on any atom is 0.261 e. The van der Waals surface area contributed by atoms with E-state index in [2.05, 4.69) is 45.0 Å². The average molecular weight is 401 g/mol. The first-order chi connectivity index (χ1) is 13.1. The third kappa shape index (κ3) is 3.47. The first kappa shape index (κ1) is 20.9. The highest BCUT2D eigenvalue weighted by molar-refractivity contribution is 6.99. The first-order valence-corrected chi connectivity index (χ1v) is 11.6. The van der Waals surface area contributed by atoms with Crippen molar-refractivity contribution in [1.82, 2.24) is 0 Å². The molecule has 0 spiro atoms. The average Bonchev–Trinajstić information content (AvgIpc) is 2.85. The summed E-state index contributed by atoms with van der Waals surface area (Å²) >= 11 is 0. The van der Waals surface area contributed by atoms with Gasteiger partial charge in [-0.1, -0.05) is 81.4 Å². The van der Waals surface area contributed by atoms with Gasteiger partial charge in [0, 0.05) is 0 Å². The summed E-state index contributed by atoms with van der Waals surface area (Å²) in [5.74, 6) is -0.530. The number of Topliss-reactive ketones (excluding diaryl/α,β-unsaturated/α-hetero) is 1. The van der Waals surface area contributed by atoms with Crippen molar-refractivity contribution in [2.24, 2.45) is 0 Å². The number of benzene rings is 2. The van der Waals surface area contributed by atoms with Crippen LogP contribution in [0.3, 0.4) is 0 Å². The van der Waals surface area contributed by atoms with Gasteiger partial charge in [0.2, 0.25) is 5.78 Å². The van der Waals surface area contributed by atoms with Crippen molar-refractivity contribution in [3.8, 4) is 0 Å². The minimum Gasteiger partial charge on any atom is -0.404 e. The summed E-state index contributed by atoms with van der Waals surface area (Å²) in [6.07, 6.45) is -1.65. The van der Waals surface area contributed by atoms with Crippen LogP contribution in [0.5, 0.6) is 0 Å². The zero-order valence-corrected chi connectivity index (χ0v) is 18.2. The van der Waals surface area contributed by atoms with Gasteiger partial charge in [-0.15, -0.1) is 0 Å². The summed E-state index contributed by atoms with van der Waals surface area (Å²) < 4.78 is 27.0. The predicted octanol–water partition coefficient (Wildman–Crippen LogP) is 3.65. The van der Waals surface area contributed by atoms with E-state index >= 15 is 0 Å². The quantitative estimate of drug-likeness (QED) is 0.719. The largest absolute Gasteiger partial charge is 0.404 e. The van der Waals surface area contributed by atoms with E-state index in [1.54, 1.807) is 6.92 Å². The van der Waals surface area contributed by atoms with E-state index in [-0.39, 0.29) is 11.6 Å². The zero-order chi connectivity index (χ0) is 20.6. The lowest BCUT2D eigenvalue weighted by atomic mass is 9.98. The number of ether oxygens (including phenoxy) is 1. The molecule has 1 saturated heterocycles. The molecule has 0 amide bonds. The Kier molecular flexibility index (Phi) is 5.63. The first-order valence-electron chi connectivity index (χ1n) is 9.74. The van der Waals surface area contributed by atoms with Crippen LogP contribution in [-0.2, 0) is 14.0 Å². The second kappa shape index (κ2) is 7.54. The van der Waals surface area contributed by atoms with Crippen molar-refractivity contribution in [1.29, 1.82) is 0 Å². The molecule has 2 aromatic carbocycles. The van der Waals surface area contributed by atoms with Gasteiger partial charge in [0.15, 0.2) is 5.67 Å². The van der Waals surface area contributed by atoms with Crippen LogP contribution in [0.4, 0.5) is 4.39 Å². The Morgan fingerprint density at radius 1 is 1.04 bits per heavy atom. The number of carbonyl (C=O) groups excluding carboxylic acids is 1. The van der Waals surface area contributed by atoms with Crippen molar-refractivity contribution in [2.75, 3.05) is 6.61 Å². The van der Waals surface area contributed by atoms with Crippen molar-refractivity contribution in [3.63, 3.8) is 0 Å². The molecule has 5 heteroatoms. The molecule has 1 aliphatic heterocycles. The molecule has 0 aromatic heterocycles. The molecule has 1 aliphatic rings. The number of carbonyl (C=O) groups is 1. The molecular weight excluding hydrogens is 371 g/mol. The van der Waals surface area contributed by atoms with Gasteiger partial charge in [0.1, 0.15) is 6.10 Å². The second-order valence-corrected chi connectivity index (χ2v) is 13.0. The van der Waals surface area contributed by atoms with Crippen LogP contribution in [0.2, 0.25) is 5.04 Å². The fraction of sp³-hybridized carbons (Fsp3) is 0.435. The number of hydrogen-bond donors (Lipinski definition) is 0. The molecule has 3 rings (SSSR count). The highest BCUT2D eigenvalue weighted by Crippen LogP contribution is 2.38. The Morgan fingerprint density at radius 2 is 1.50 bits per heavy atom. The van der Waals surface area contributed by atoms with Gasteiger partial charge in [0.05, 0.1) is 12.7 Å².